The van der Waals surface area contributed by atoms with Crippen LogP contribution in [0.3, 0.4) is 0 Å². The summed E-state index contributed by atoms with van der Waals surface area (Å²) in [5.74, 6) is 0.346. The molecule has 6 nitrogen and oxygen atoms in total. The molecule has 0 N–H and O–H groups in total. The molecule has 3 rings (SSSR count). The second kappa shape index (κ2) is 6.69. The Morgan fingerprint density at radius 1 is 1.27 bits per heavy atom. The third-order valence-corrected chi connectivity index (χ3v) is 3.96. The predicted molar refractivity (Wildman–Crippen MR) is 80.6 cm³/mol. The van der Waals surface area contributed by atoms with E-state index in [4.69, 9.17) is 4.74 Å². The second-order valence-electron chi connectivity index (χ2n) is 4.85. The van der Waals surface area contributed by atoms with Gasteiger partial charge in [-0.3, -0.25) is 4.79 Å². The second-order valence-corrected chi connectivity index (χ2v) is 5.41. The largest absolute Gasteiger partial charge is 0.481 e. The molecule has 0 saturated carbocycles. The minimum atomic E-state index is -0.462. The van der Waals surface area contributed by atoms with Crippen LogP contribution < -0.4 is 9.64 Å². The Kier molecular flexibility index (Phi) is 4.47. The van der Waals surface area contributed by atoms with E-state index in [1.165, 1.54) is 23.9 Å². The first-order chi connectivity index (χ1) is 10.7. The van der Waals surface area contributed by atoms with Crippen LogP contribution in [0.15, 0.2) is 30.5 Å². The van der Waals surface area contributed by atoms with E-state index in [1.54, 1.807) is 23.2 Å². The van der Waals surface area contributed by atoms with Crippen molar-refractivity contribution in [3.63, 3.8) is 0 Å². The third-order valence-electron chi connectivity index (χ3n) is 3.49. The van der Waals surface area contributed by atoms with Crippen molar-refractivity contribution in [1.82, 2.24) is 13.6 Å². The first-order valence-electron chi connectivity index (χ1n) is 6.91. The van der Waals surface area contributed by atoms with Crippen molar-refractivity contribution in [1.29, 1.82) is 0 Å². The Hall–Kier alpha value is -2.22. The van der Waals surface area contributed by atoms with Gasteiger partial charge in [0.05, 0.1) is 17.9 Å². The minimum Gasteiger partial charge on any atom is -0.481 e. The van der Waals surface area contributed by atoms with Crippen molar-refractivity contribution < 1.29 is 13.9 Å². The van der Waals surface area contributed by atoms with Gasteiger partial charge in [-0.1, -0.05) is 12.1 Å². The average Bonchev–Trinajstić information content (AvgIpc) is 3.08. The Bertz CT molecular complexity index is 630. The van der Waals surface area contributed by atoms with Crippen molar-refractivity contribution >= 4 is 23.5 Å². The number of aromatic nitrogens is 2. The van der Waals surface area contributed by atoms with Crippen LogP contribution in [-0.2, 0) is 4.79 Å². The van der Waals surface area contributed by atoms with Gasteiger partial charge in [-0.25, -0.2) is 4.39 Å². The van der Waals surface area contributed by atoms with Crippen LogP contribution in [-0.4, -0.2) is 52.3 Å². The van der Waals surface area contributed by atoms with E-state index in [2.05, 4.69) is 13.6 Å². The van der Waals surface area contributed by atoms with Gasteiger partial charge in [0.25, 0.3) is 5.91 Å². The maximum Gasteiger partial charge on any atom is 0.260 e. The molecule has 1 amide bonds. The molecule has 2 aromatic rings. The van der Waals surface area contributed by atoms with E-state index in [9.17, 15) is 9.18 Å². The van der Waals surface area contributed by atoms with Crippen LogP contribution in [0.2, 0.25) is 0 Å². The molecule has 0 radical (unpaired) electrons. The highest BCUT2D eigenvalue weighted by atomic mass is 32.1. The zero-order chi connectivity index (χ0) is 15.4. The van der Waals surface area contributed by atoms with Gasteiger partial charge in [0.1, 0.15) is 0 Å². The molecule has 0 unspecified atom stereocenters. The monoisotopic (exact) mass is 322 g/mol. The summed E-state index contributed by atoms with van der Waals surface area (Å²) in [5.41, 5.74) is 0. The minimum absolute atomic E-state index is 0.100. The van der Waals surface area contributed by atoms with Gasteiger partial charge in [0, 0.05) is 26.2 Å². The van der Waals surface area contributed by atoms with Gasteiger partial charge in [-0.2, -0.15) is 8.75 Å². The lowest BCUT2D eigenvalue weighted by Crippen LogP contribution is -2.50. The molecule has 2 heterocycles. The number of nitrogens with zero attached hydrogens (tertiary/aromatic N) is 4. The molecule has 1 aromatic carbocycles. The van der Waals surface area contributed by atoms with Crippen LogP contribution in [0.5, 0.6) is 5.75 Å². The van der Waals surface area contributed by atoms with Gasteiger partial charge in [-0.15, -0.1) is 0 Å². The lowest BCUT2D eigenvalue weighted by atomic mass is 10.3. The number of hydrogen-bond donors (Lipinski definition) is 0. The van der Waals surface area contributed by atoms with E-state index < -0.39 is 5.82 Å². The number of anilines is 1. The van der Waals surface area contributed by atoms with E-state index in [0.717, 1.165) is 5.82 Å². The van der Waals surface area contributed by atoms with Gasteiger partial charge < -0.3 is 14.5 Å². The highest BCUT2D eigenvalue weighted by Gasteiger charge is 2.22. The molecule has 1 fully saturated rings. The van der Waals surface area contributed by atoms with Crippen LogP contribution in [0.25, 0.3) is 0 Å². The fourth-order valence-corrected chi connectivity index (χ4v) is 2.71. The molecule has 1 aromatic heterocycles. The molecule has 0 aliphatic carbocycles. The zero-order valence-corrected chi connectivity index (χ0v) is 12.6. The fourth-order valence-electron chi connectivity index (χ4n) is 2.28. The molecule has 116 valence electrons. The molecule has 0 spiro atoms. The SMILES string of the molecule is O=C(COc1ccccc1F)N1CCN(c2cnsn2)CC1. The van der Waals surface area contributed by atoms with E-state index in [0.29, 0.717) is 26.2 Å². The van der Waals surface area contributed by atoms with Gasteiger partial charge in [0.2, 0.25) is 0 Å². The Balaban J connectivity index is 1.49. The van der Waals surface area contributed by atoms with Crippen LogP contribution in [0.4, 0.5) is 10.2 Å². The molecule has 0 bridgehead atoms. The summed E-state index contributed by atoms with van der Waals surface area (Å²) in [4.78, 5) is 15.9. The summed E-state index contributed by atoms with van der Waals surface area (Å²) < 4.78 is 26.8. The first kappa shape index (κ1) is 14.7. The van der Waals surface area contributed by atoms with Crippen LogP contribution in [0.1, 0.15) is 0 Å². The van der Waals surface area contributed by atoms with E-state index in [-0.39, 0.29) is 18.3 Å². The van der Waals surface area contributed by atoms with Crippen molar-refractivity contribution in [3.05, 3.63) is 36.3 Å². The topological polar surface area (TPSA) is 58.6 Å². The first-order valence-corrected chi connectivity index (χ1v) is 7.64. The standard InChI is InChI=1S/C14H15FN4O2S/c15-11-3-1-2-4-12(11)21-10-14(20)19-7-5-18(6-8-19)13-9-16-22-17-13/h1-4,9H,5-8,10H2. The van der Waals surface area contributed by atoms with Gasteiger partial charge >= 0.3 is 0 Å². The maximum absolute atomic E-state index is 13.4. The number of benzene rings is 1. The number of hydrogen-bond acceptors (Lipinski definition) is 6. The number of ether oxygens (including phenoxy) is 1. The molecule has 1 aliphatic rings. The fraction of sp³-hybridized carbons (Fsp3) is 0.357. The summed E-state index contributed by atoms with van der Waals surface area (Å²) in [5, 5.41) is 0. The number of carbonyl (C=O) groups is 1. The lowest BCUT2D eigenvalue weighted by Gasteiger charge is -2.34. The molecular weight excluding hydrogens is 307 g/mol. The summed E-state index contributed by atoms with van der Waals surface area (Å²) in [6.07, 6.45) is 1.73. The van der Waals surface area contributed by atoms with E-state index >= 15 is 0 Å². The quantitative estimate of drug-likeness (QED) is 0.852. The summed E-state index contributed by atoms with van der Waals surface area (Å²) in [6.45, 7) is 2.45. The number of para-hydroxylation sites is 1. The molecule has 8 heteroatoms. The molecule has 1 saturated heterocycles. The van der Waals surface area contributed by atoms with Crippen LogP contribution >= 0.6 is 11.7 Å². The van der Waals surface area contributed by atoms with Crippen molar-refractivity contribution in [2.45, 2.75) is 0 Å². The zero-order valence-electron chi connectivity index (χ0n) is 11.8. The lowest BCUT2D eigenvalue weighted by molar-refractivity contribution is -0.133. The maximum atomic E-state index is 13.4. The average molecular weight is 322 g/mol. The highest BCUT2D eigenvalue weighted by molar-refractivity contribution is 6.99. The Morgan fingerprint density at radius 3 is 2.73 bits per heavy atom. The van der Waals surface area contributed by atoms with Gasteiger partial charge in [-0.05, 0) is 12.1 Å². The van der Waals surface area contributed by atoms with Crippen molar-refractivity contribution in [2.75, 3.05) is 37.7 Å². The Labute approximate surface area is 131 Å². The van der Waals surface area contributed by atoms with E-state index in [1.807, 2.05) is 0 Å². The third kappa shape index (κ3) is 3.33. The molecular formula is C14H15FN4O2S. The van der Waals surface area contributed by atoms with Crippen molar-refractivity contribution in [3.8, 4) is 5.75 Å². The number of carbonyl (C=O) groups excluding carboxylic acids is 1. The molecule has 1 aliphatic heterocycles. The highest BCUT2D eigenvalue weighted by Crippen LogP contribution is 2.16. The number of halogens is 1. The summed E-state index contributed by atoms with van der Waals surface area (Å²) in [7, 11) is 0. The predicted octanol–water partition coefficient (Wildman–Crippen LogP) is 1.40. The van der Waals surface area contributed by atoms with Crippen molar-refractivity contribution in [2.24, 2.45) is 0 Å². The van der Waals surface area contributed by atoms with Gasteiger partial charge in [0.15, 0.2) is 24.0 Å². The normalized spacial score (nSPS) is 15.0. The number of amides is 1. The summed E-state index contributed by atoms with van der Waals surface area (Å²) >= 11 is 1.17. The smallest absolute Gasteiger partial charge is 0.260 e. The van der Waals surface area contributed by atoms with Crippen LogP contribution in [0, 0.1) is 5.82 Å². The summed E-state index contributed by atoms with van der Waals surface area (Å²) in [6, 6.07) is 6.07. The molecule has 22 heavy (non-hydrogen) atoms. The number of piperazine rings is 1. The molecule has 0 atom stereocenters. The number of rotatable bonds is 4. The Morgan fingerprint density at radius 2 is 2.05 bits per heavy atom.